The third-order valence-corrected chi connectivity index (χ3v) is 4.78. The van der Waals surface area contributed by atoms with Crippen molar-refractivity contribution < 1.29 is 0 Å². The fourth-order valence-electron chi connectivity index (χ4n) is 3.56. The molecule has 0 spiro atoms. The summed E-state index contributed by atoms with van der Waals surface area (Å²) in [5, 5.41) is 0. The Kier molecular flexibility index (Phi) is 2.74. The average molecular weight is 285 g/mol. The van der Waals surface area contributed by atoms with Crippen LogP contribution in [0.2, 0.25) is 0 Å². The molecule has 108 valence electrons. The topological polar surface area (TPSA) is 12.9 Å². The van der Waals surface area contributed by atoms with Crippen LogP contribution in [-0.2, 0) is 5.41 Å². The number of fused-ring (bicyclic) bond motifs is 3. The second-order valence-electron chi connectivity index (χ2n) is 6.66. The molecule has 0 fully saturated rings. The van der Waals surface area contributed by atoms with Crippen LogP contribution < -0.4 is 0 Å². The molecule has 0 atom stereocenters. The van der Waals surface area contributed by atoms with Crippen LogP contribution in [0.15, 0.2) is 60.8 Å². The average Bonchev–Trinajstić information content (AvgIpc) is 2.76. The van der Waals surface area contributed by atoms with Crippen molar-refractivity contribution in [2.75, 3.05) is 0 Å². The molecule has 4 rings (SSSR count). The van der Waals surface area contributed by atoms with Gasteiger partial charge >= 0.3 is 0 Å². The zero-order valence-electron chi connectivity index (χ0n) is 13.2. The molecule has 0 radical (unpaired) electrons. The van der Waals surface area contributed by atoms with Gasteiger partial charge in [0.1, 0.15) is 0 Å². The van der Waals surface area contributed by atoms with Gasteiger partial charge in [0.25, 0.3) is 0 Å². The van der Waals surface area contributed by atoms with Crippen LogP contribution in [0.5, 0.6) is 0 Å². The zero-order valence-corrected chi connectivity index (χ0v) is 13.2. The summed E-state index contributed by atoms with van der Waals surface area (Å²) in [7, 11) is 0. The Morgan fingerprint density at radius 2 is 1.64 bits per heavy atom. The van der Waals surface area contributed by atoms with E-state index in [9.17, 15) is 0 Å². The summed E-state index contributed by atoms with van der Waals surface area (Å²) in [5.41, 5.74) is 8.92. The third-order valence-electron chi connectivity index (χ3n) is 4.78. The van der Waals surface area contributed by atoms with Gasteiger partial charge in [-0.05, 0) is 35.7 Å². The SMILES string of the molecule is Cc1cccc(-c2cc3c(cn2)-c2ccccc2C3(C)C)c1. The minimum Gasteiger partial charge on any atom is -0.256 e. The second-order valence-corrected chi connectivity index (χ2v) is 6.66. The molecule has 0 saturated carbocycles. The number of hydrogen-bond donors (Lipinski definition) is 0. The number of hydrogen-bond acceptors (Lipinski definition) is 1. The maximum absolute atomic E-state index is 4.73. The number of pyridine rings is 1. The fourth-order valence-corrected chi connectivity index (χ4v) is 3.56. The summed E-state index contributed by atoms with van der Waals surface area (Å²) in [6.07, 6.45) is 2.04. The third kappa shape index (κ3) is 1.82. The summed E-state index contributed by atoms with van der Waals surface area (Å²) >= 11 is 0. The molecule has 0 bridgehead atoms. The summed E-state index contributed by atoms with van der Waals surface area (Å²) in [6.45, 7) is 6.73. The van der Waals surface area contributed by atoms with Crippen LogP contribution in [-0.4, -0.2) is 4.98 Å². The van der Waals surface area contributed by atoms with E-state index < -0.39 is 0 Å². The monoisotopic (exact) mass is 285 g/mol. The van der Waals surface area contributed by atoms with E-state index in [-0.39, 0.29) is 5.41 Å². The Morgan fingerprint density at radius 3 is 2.45 bits per heavy atom. The van der Waals surface area contributed by atoms with Crippen molar-refractivity contribution >= 4 is 0 Å². The Morgan fingerprint density at radius 1 is 0.818 bits per heavy atom. The van der Waals surface area contributed by atoms with Crippen LogP contribution in [0.4, 0.5) is 0 Å². The van der Waals surface area contributed by atoms with Crippen molar-refractivity contribution in [3.05, 3.63) is 77.5 Å². The number of nitrogens with zero attached hydrogens (tertiary/aromatic N) is 1. The first kappa shape index (κ1) is 13.3. The second kappa shape index (κ2) is 4.54. The molecule has 1 heterocycles. The zero-order chi connectivity index (χ0) is 15.3. The minimum atomic E-state index is 0.0352. The van der Waals surface area contributed by atoms with Crippen molar-refractivity contribution in [2.24, 2.45) is 0 Å². The molecule has 1 aromatic heterocycles. The lowest BCUT2D eigenvalue weighted by Gasteiger charge is -2.21. The molecule has 2 aromatic carbocycles. The van der Waals surface area contributed by atoms with Gasteiger partial charge in [0.05, 0.1) is 5.69 Å². The minimum absolute atomic E-state index is 0.0352. The van der Waals surface area contributed by atoms with Crippen molar-refractivity contribution in [1.29, 1.82) is 0 Å². The normalized spacial score (nSPS) is 14.5. The van der Waals surface area contributed by atoms with Gasteiger partial charge < -0.3 is 0 Å². The van der Waals surface area contributed by atoms with Crippen LogP contribution in [0.25, 0.3) is 22.4 Å². The highest BCUT2D eigenvalue weighted by atomic mass is 14.7. The van der Waals surface area contributed by atoms with E-state index in [1.165, 1.54) is 33.4 Å². The van der Waals surface area contributed by atoms with Crippen LogP contribution in [0, 0.1) is 6.92 Å². The van der Waals surface area contributed by atoms with Crippen LogP contribution in [0.1, 0.15) is 30.5 Å². The molecule has 0 N–H and O–H groups in total. The van der Waals surface area contributed by atoms with E-state index in [1.807, 2.05) is 6.20 Å². The van der Waals surface area contributed by atoms with Crippen LogP contribution in [0.3, 0.4) is 0 Å². The van der Waals surface area contributed by atoms with Crippen molar-refractivity contribution in [3.63, 3.8) is 0 Å². The summed E-state index contributed by atoms with van der Waals surface area (Å²) in [6, 6.07) is 19.5. The van der Waals surface area contributed by atoms with E-state index in [4.69, 9.17) is 4.98 Å². The lowest BCUT2D eigenvalue weighted by molar-refractivity contribution is 0.660. The van der Waals surface area contributed by atoms with E-state index >= 15 is 0 Å². The first-order valence-corrected chi connectivity index (χ1v) is 7.75. The van der Waals surface area contributed by atoms with Gasteiger partial charge in [-0.25, -0.2) is 0 Å². The van der Waals surface area contributed by atoms with Gasteiger partial charge in [0.2, 0.25) is 0 Å². The van der Waals surface area contributed by atoms with E-state index in [1.54, 1.807) is 0 Å². The molecule has 22 heavy (non-hydrogen) atoms. The maximum Gasteiger partial charge on any atom is 0.0705 e. The fraction of sp³-hybridized carbons (Fsp3) is 0.190. The lowest BCUT2D eigenvalue weighted by atomic mass is 9.82. The van der Waals surface area contributed by atoms with Gasteiger partial charge in [-0.2, -0.15) is 0 Å². The number of benzene rings is 2. The number of aromatic nitrogens is 1. The Labute approximate surface area is 131 Å². The quantitative estimate of drug-likeness (QED) is 0.586. The Hall–Kier alpha value is -2.41. The molecule has 0 amide bonds. The molecule has 3 aromatic rings. The molecular formula is C21H19N. The molecule has 0 unspecified atom stereocenters. The molecule has 1 aliphatic carbocycles. The first-order chi connectivity index (χ1) is 10.6. The van der Waals surface area contributed by atoms with Crippen molar-refractivity contribution in [2.45, 2.75) is 26.2 Å². The largest absolute Gasteiger partial charge is 0.256 e. The predicted molar refractivity (Wildman–Crippen MR) is 92.0 cm³/mol. The van der Waals surface area contributed by atoms with E-state index in [0.29, 0.717) is 0 Å². The first-order valence-electron chi connectivity index (χ1n) is 7.75. The number of aryl methyl sites for hydroxylation is 1. The van der Waals surface area contributed by atoms with Crippen molar-refractivity contribution in [1.82, 2.24) is 4.98 Å². The lowest BCUT2D eigenvalue weighted by Crippen LogP contribution is -2.15. The van der Waals surface area contributed by atoms with Crippen molar-refractivity contribution in [3.8, 4) is 22.4 Å². The standard InChI is InChI=1S/C21H19N/c1-14-7-6-8-15(11-14)20-12-19-17(13-22-20)16-9-4-5-10-18(16)21(19,2)3/h4-13H,1-3H3. The molecule has 1 heteroatoms. The summed E-state index contributed by atoms with van der Waals surface area (Å²) < 4.78 is 0. The Balaban J connectivity index is 1.92. The van der Waals surface area contributed by atoms with E-state index in [0.717, 1.165) is 5.69 Å². The Bertz CT molecular complexity index is 875. The molecule has 1 nitrogen and oxygen atoms in total. The summed E-state index contributed by atoms with van der Waals surface area (Å²) in [5.74, 6) is 0. The van der Waals surface area contributed by atoms with Gasteiger partial charge in [-0.3, -0.25) is 4.98 Å². The molecule has 1 aliphatic rings. The van der Waals surface area contributed by atoms with Crippen LogP contribution >= 0.6 is 0 Å². The molecular weight excluding hydrogens is 266 g/mol. The highest BCUT2D eigenvalue weighted by Crippen LogP contribution is 2.48. The summed E-state index contributed by atoms with van der Waals surface area (Å²) in [4.78, 5) is 4.73. The number of rotatable bonds is 1. The predicted octanol–water partition coefficient (Wildman–Crippen LogP) is 5.36. The van der Waals surface area contributed by atoms with Gasteiger partial charge in [0, 0.05) is 22.7 Å². The highest BCUT2D eigenvalue weighted by molar-refractivity contribution is 5.81. The highest BCUT2D eigenvalue weighted by Gasteiger charge is 2.35. The maximum atomic E-state index is 4.73. The smallest absolute Gasteiger partial charge is 0.0705 e. The van der Waals surface area contributed by atoms with Gasteiger partial charge in [-0.15, -0.1) is 0 Å². The van der Waals surface area contributed by atoms with E-state index in [2.05, 4.69) is 75.4 Å². The van der Waals surface area contributed by atoms with Gasteiger partial charge in [0.15, 0.2) is 0 Å². The van der Waals surface area contributed by atoms with Gasteiger partial charge in [-0.1, -0.05) is 61.9 Å². The molecule has 0 saturated heterocycles. The molecule has 0 aliphatic heterocycles.